The van der Waals surface area contributed by atoms with Gasteiger partial charge >= 0.3 is 0 Å². The van der Waals surface area contributed by atoms with Gasteiger partial charge in [0, 0.05) is 12.6 Å². The number of aliphatic hydroxyl groups excluding tert-OH is 1. The highest BCUT2D eigenvalue weighted by Crippen LogP contribution is 2.25. The van der Waals surface area contributed by atoms with E-state index in [1.54, 1.807) is 6.07 Å². The molecule has 1 aliphatic carbocycles. The number of halogens is 1. The Balaban J connectivity index is 2.15. The van der Waals surface area contributed by atoms with Gasteiger partial charge in [0.25, 0.3) is 0 Å². The minimum Gasteiger partial charge on any atom is -0.391 e. The minimum absolute atomic E-state index is 0.157. The normalized spacial score (nSPS) is 24.0. The van der Waals surface area contributed by atoms with Crippen LogP contribution in [0.25, 0.3) is 0 Å². The first-order valence-corrected chi connectivity index (χ1v) is 8.40. The zero-order valence-electron chi connectivity index (χ0n) is 11.5. The first kappa shape index (κ1) is 15.4. The van der Waals surface area contributed by atoms with E-state index in [-0.39, 0.29) is 11.3 Å². The number of aliphatic hydroxyl groups is 1. The Kier molecular flexibility index (Phi) is 4.78. The van der Waals surface area contributed by atoms with E-state index >= 15 is 0 Å². The van der Waals surface area contributed by atoms with Crippen molar-refractivity contribution in [3.8, 4) is 0 Å². The van der Waals surface area contributed by atoms with Crippen LogP contribution in [0.2, 0.25) is 0 Å². The largest absolute Gasteiger partial charge is 0.391 e. The molecule has 1 fully saturated rings. The van der Waals surface area contributed by atoms with Gasteiger partial charge in [-0.3, -0.25) is 0 Å². The van der Waals surface area contributed by atoms with Gasteiger partial charge in [0.05, 0.1) is 17.9 Å². The molecule has 20 heavy (non-hydrogen) atoms. The van der Waals surface area contributed by atoms with E-state index in [1.165, 1.54) is 29.6 Å². The van der Waals surface area contributed by atoms with Gasteiger partial charge in [-0.15, -0.1) is 0 Å². The van der Waals surface area contributed by atoms with E-state index < -0.39 is 28.0 Å². The molecule has 2 rings (SSSR count). The molecule has 112 valence electrons. The fraction of sp³-hybridized carbons (Fsp3) is 0.571. The molecule has 0 aliphatic heterocycles. The molecule has 2 atom stereocenters. The molecule has 4 nitrogen and oxygen atoms in total. The lowest BCUT2D eigenvalue weighted by Gasteiger charge is -2.34. The summed E-state index contributed by atoms with van der Waals surface area (Å²) in [6.45, 7) is 0. The average molecular weight is 301 g/mol. The van der Waals surface area contributed by atoms with Crippen LogP contribution in [0.5, 0.6) is 0 Å². The topological polar surface area (TPSA) is 57.6 Å². The summed E-state index contributed by atoms with van der Waals surface area (Å²) in [5.41, 5.74) is 0.157. The van der Waals surface area contributed by atoms with Crippen molar-refractivity contribution in [2.45, 2.75) is 43.6 Å². The second-order valence-corrected chi connectivity index (χ2v) is 7.31. The molecule has 0 amide bonds. The van der Waals surface area contributed by atoms with Gasteiger partial charge in [0.1, 0.15) is 5.82 Å². The SMILES string of the molecule is CN(C1CCCCC1O)S(=O)(=O)Cc1ccccc1F. The van der Waals surface area contributed by atoms with Crippen molar-refractivity contribution in [2.75, 3.05) is 7.05 Å². The summed E-state index contributed by atoms with van der Waals surface area (Å²) >= 11 is 0. The molecule has 0 saturated heterocycles. The summed E-state index contributed by atoms with van der Waals surface area (Å²) in [7, 11) is -2.17. The summed E-state index contributed by atoms with van der Waals surface area (Å²) in [6, 6.07) is 5.46. The first-order valence-electron chi connectivity index (χ1n) is 6.79. The maximum absolute atomic E-state index is 13.6. The number of sulfonamides is 1. The summed E-state index contributed by atoms with van der Waals surface area (Å²) in [4.78, 5) is 0. The molecule has 1 N–H and O–H groups in total. The molecular formula is C14H20FNO3S. The van der Waals surface area contributed by atoms with Crippen LogP contribution in [0.3, 0.4) is 0 Å². The van der Waals surface area contributed by atoms with Crippen molar-refractivity contribution in [2.24, 2.45) is 0 Å². The number of hydrogen-bond donors (Lipinski definition) is 1. The third kappa shape index (κ3) is 3.37. The van der Waals surface area contributed by atoms with E-state index in [1.807, 2.05) is 0 Å². The predicted molar refractivity (Wildman–Crippen MR) is 75.0 cm³/mol. The second-order valence-electron chi connectivity index (χ2n) is 5.28. The number of hydrogen-bond acceptors (Lipinski definition) is 3. The van der Waals surface area contributed by atoms with Crippen LogP contribution in [0.15, 0.2) is 24.3 Å². The molecule has 2 unspecified atom stereocenters. The van der Waals surface area contributed by atoms with Gasteiger partial charge in [-0.05, 0) is 18.9 Å². The van der Waals surface area contributed by atoms with Crippen LogP contribution < -0.4 is 0 Å². The highest BCUT2D eigenvalue weighted by Gasteiger charge is 2.33. The summed E-state index contributed by atoms with van der Waals surface area (Å²) in [5.74, 6) is -0.895. The van der Waals surface area contributed by atoms with Gasteiger partial charge in [0.2, 0.25) is 10.0 Å². The van der Waals surface area contributed by atoms with E-state index in [9.17, 15) is 17.9 Å². The molecule has 1 saturated carbocycles. The molecule has 0 aromatic heterocycles. The lowest BCUT2D eigenvalue weighted by atomic mass is 9.93. The molecule has 0 spiro atoms. The zero-order chi connectivity index (χ0) is 14.8. The summed E-state index contributed by atoms with van der Waals surface area (Å²) in [5, 5.41) is 9.94. The number of rotatable bonds is 4. The maximum atomic E-state index is 13.6. The number of likely N-dealkylation sites (N-methyl/N-ethyl adjacent to an activating group) is 1. The smallest absolute Gasteiger partial charge is 0.218 e. The van der Waals surface area contributed by atoms with Gasteiger partial charge < -0.3 is 5.11 Å². The molecule has 1 aliphatic rings. The average Bonchev–Trinajstić information content (AvgIpc) is 2.41. The zero-order valence-corrected chi connectivity index (χ0v) is 12.3. The Morgan fingerprint density at radius 1 is 1.30 bits per heavy atom. The molecule has 1 aromatic carbocycles. The van der Waals surface area contributed by atoms with Crippen molar-refractivity contribution in [3.05, 3.63) is 35.6 Å². The summed E-state index contributed by atoms with van der Waals surface area (Å²) < 4.78 is 39.5. The van der Waals surface area contributed by atoms with Crippen molar-refractivity contribution in [3.63, 3.8) is 0 Å². The van der Waals surface area contributed by atoms with Gasteiger partial charge in [-0.2, -0.15) is 4.31 Å². The lowest BCUT2D eigenvalue weighted by Crippen LogP contribution is -2.46. The highest BCUT2D eigenvalue weighted by atomic mass is 32.2. The predicted octanol–water partition coefficient (Wildman–Crippen LogP) is 1.89. The fourth-order valence-electron chi connectivity index (χ4n) is 2.64. The van der Waals surface area contributed by atoms with E-state index in [4.69, 9.17) is 0 Å². The van der Waals surface area contributed by atoms with Gasteiger partial charge in [-0.1, -0.05) is 31.0 Å². The Bertz CT molecular complexity index is 561. The highest BCUT2D eigenvalue weighted by molar-refractivity contribution is 7.88. The maximum Gasteiger partial charge on any atom is 0.218 e. The van der Waals surface area contributed by atoms with Crippen LogP contribution >= 0.6 is 0 Å². The van der Waals surface area contributed by atoms with Crippen LogP contribution in [0, 0.1) is 5.82 Å². The Labute approximate surface area is 119 Å². The van der Waals surface area contributed by atoms with Crippen molar-refractivity contribution in [1.82, 2.24) is 4.31 Å². The van der Waals surface area contributed by atoms with Gasteiger partial charge in [-0.25, -0.2) is 12.8 Å². The van der Waals surface area contributed by atoms with Crippen LogP contribution in [-0.2, 0) is 15.8 Å². The molecule has 1 aromatic rings. The number of nitrogens with zero attached hydrogens (tertiary/aromatic N) is 1. The summed E-state index contributed by atoms with van der Waals surface area (Å²) in [6.07, 6.45) is 2.45. The Hall–Kier alpha value is -0.980. The van der Waals surface area contributed by atoms with Gasteiger partial charge in [0.15, 0.2) is 0 Å². The molecule has 0 radical (unpaired) electrons. The van der Waals surface area contributed by atoms with Crippen LogP contribution in [-0.4, -0.2) is 37.0 Å². The molecule has 6 heteroatoms. The number of benzene rings is 1. The van der Waals surface area contributed by atoms with Crippen LogP contribution in [0.1, 0.15) is 31.2 Å². The third-order valence-corrected chi connectivity index (χ3v) is 5.72. The van der Waals surface area contributed by atoms with E-state index in [0.29, 0.717) is 12.8 Å². The lowest BCUT2D eigenvalue weighted by molar-refractivity contribution is 0.0637. The standard InChI is InChI=1S/C14H20FNO3S/c1-16(13-8-4-5-9-14(13)17)20(18,19)10-11-6-2-3-7-12(11)15/h2-3,6-7,13-14,17H,4-5,8-10H2,1H3. The Morgan fingerprint density at radius 3 is 2.60 bits per heavy atom. The molecule has 0 bridgehead atoms. The van der Waals surface area contributed by atoms with Crippen LogP contribution in [0.4, 0.5) is 4.39 Å². The first-order chi connectivity index (χ1) is 9.42. The third-order valence-electron chi connectivity index (χ3n) is 3.90. The van der Waals surface area contributed by atoms with Crippen molar-refractivity contribution < 1.29 is 17.9 Å². The Morgan fingerprint density at radius 2 is 1.95 bits per heavy atom. The second kappa shape index (κ2) is 6.20. The minimum atomic E-state index is -3.64. The monoisotopic (exact) mass is 301 g/mol. The van der Waals surface area contributed by atoms with E-state index in [2.05, 4.69) is 0 Å². The molecular weight excluding hydrogens is 281 g/mol. The molecule has 0 heterocycles. The van der Waals surface area contributed by atoms with Crippen molar-refractivity contribution >= 4 is 10.0 Å². The fourth-order valence-corrected chi connectivity index (χ4v) is 4.13. The van der Waals surface area contributed by atoms with E-state index in [0.717, 1.165) is 12.8 Å². The van der Waals surface area contributed by atoms with Crippen molar-refractivity contribution in [1.29, 1.82) is 0 Å². The quantitative estimate of drug-likeness (QED) is 0.924.